The molecule has 0 saturated carbocycles. The Morgan fingerprint density at radius 3 is 2.27 bits per heavy atom. The van der Waals surface area contributed by atoms with Crippen molar-refractivity contribution in [3.63, 3.8) is 0 Å². The first-order valence-electron chi connectivity index (χ1n) is 8.90. The average molecular weight is 362 g/mol. The molecule has 1 rings (SSSR count). The topological polar surface area (TPSA) is 86.7 Å². The number of nitrogens with zero attached hydrogens (tertiary/aromatic N) is 1. The summed E-state index contributed by atoms with van der Waals surface area (Å²) in [6.07, 6.45) is 1.15. The van der Waals surface area contributed by atoms with Gasteiger partial charge in [-0.05, 0) is 23.8 Å². The highest BCUT2D eigenvalue weighted by molar-refractivity contribution is 5.84. The second kappa shape index (κ2) is 9.94. The van der Waals surface area contributed by atoms with Crippen molar-refractivity contribution in [3.8, 4) is 0 Å². The Bertz CT molecular complexity index is 608. The molecular weight excluding hydrogens is 332 g/mol. The fourth-order valence-electron chi connectivity index (χ4n) is 2.49. The third kappa shape index (κ3) is 8.65. The predicted molar refractivity (Wildman–Crippen MR) is 100 cm³/mol. The molecule has 0 spiro atoms. The van der Waals surface area contributed by atoms with Gasteiger partial charge in [0.25, 0.3) is 0 Å². The van der Waals surface area contributed by atoms with Crippen LogP contribution in [0.4, 0.5) is 0 Å². The zero-order chi connectivity index (χ0) is 19.7. The molecule has 0 aromatic heterocycles. The van der Waals surface area contributed by atoms with Crippen LogP contribution in [0.15, 0.2) is 30.3 Å². The molecule has 144 valence electrons. The van der Waals surface area contributed by atoms with Crippen molar-refractivity contribution in [1.82, 2.24) is 10.2 Å². The number of carbonyl (C=O) groups excluding carboxylic acids is 2. The molecule has 0 bridgehead atoms. The summed E-state index contributed by atoms with van der Waals surface area (Å²) < 4.78 is 0. The fourth-order valence-corrected chi connectivity index (χ4v) is 2.49. The van der Waals surface area contributed by atoms with Crippen LogP contribution in [0, 0.1) is 5.41 Å². The molecule has 0 heterocycles. The molecular formula is C20H30N2O4. The highest BCUT2D eigenvalue weighted by atomic mass is 16.4. The number of amides is 2. The van der Waals surface area contributed by atoms with Gasteiger partial charge in [-0.3, -0.25) is 9.59 Å². The molecule has 1 atom stereocenters. The molecule has 0 aliphatic carbocycles. The molecule has 1 aromatic carbocycles. The van der Waals surface area contributed by atoms with Crippen molar-refractivity contribution in [2.45, 2.75) is 59.5 Å². The Kier molecular flexibility index (Phi) is 8.29. The number of nitrogens with one attached hydrogen (secondary N) is 1. The van der Waals surface area contributed by atoms with Gasteiger partial charge in [0, 0.05) is 26.4 Å². The smallest absolute Gasteiger partial charge is 0.326 e. The van der Waals surface area contributed by atoms with E-state index in [1.807, 2.05) is 51.1 Å². The van der Waals surface area contributed by atoms with E-state index in [0.717, 1.165) is 5.56 Å². The third-order valence-corrected chi connectivity index (χ3v) is 4.09. The Labute approximate surface area is 155 Å². The van der Waals surface area contributed by atoms with Gasteiger partial charge >= 0.3 is 5.97 Å². The lowest BCUT2D eigenvalue weighted by molar-refractivity contribution is -0.142. The van der Waals surface area contributed by atoms with Crippen molar-refractivity contribution >= 4 is 17.8 Å². The number of aliphatic carboxylic acids is 1. The van der Waals surface area contributed by atoms with Crippen LogP contribution in [0.3, 0.4) is 0 Å². The van der Waals surface area contributed by atoms with Gasteiger partial charge in [0.15, 0.2) is 0 Å². The molecule has 1 unspecified atom stereocenters. The summed E-state index contributed by atoms with van der Waals surface area (Å²) in [7, 11) is 0. The highest BCUT2D eigenvalue weighted by Crippen LogP contribution is 2.21. The highest BCUT2D eigenvalue weighted by Gasteiger charge is 2.23. The molecule has 0 fully saturated rings. The Morgan fingerprint density at radius 2 is 1.77 bits per heavy atom. The van der Waals surface area contributed by atoms with E-state index in [0.29, 0.717) is 19.4 Å². The molecule has 0 saturated heterocycles. The van der Waals surface area contributed by atoms with Crippen LogP contribution in [-0.4, -0.2) is 40.4 Å². The summed E-state index contributed by atoms with van der Waals surface area (Å²) >= 11 is 0. The predicted octanol–water partition coefficient (Wildman–Crippen LogP) is 2.82. The minimum Gasteiger partial charge on any atom is -0.480 e. The van der Waals surface area contributed by atoms with Crippen LogP contribution >= 0.6 is 0 Å². The van der Waals surface area contributed by atoms with Crippen molar-refractivity contribution in [2.75, 3.05) is 6.54 Å². The first-order chi connectivity index (χ1) is 12.1. The van der Waals surface area contributed by atoms with Crippen molar-refractivity contribution in [2.24, 2.45) is 5.41 Å². The summed E-state index contributed by atoms with van der Waals surface area (Å²) in [6, 6.07) is 8.63. The van der Waals surface area contributed by atoms with Gasteiger partial charge in [-0.1, -0.05) is 51.1 Å². The van der Waals surface area contributed by atoms with E-state index in [2.05, 4.69) is 5.32 Å². The normalized spacial score (nSPS) is 12.3. The van der Waals surface area contributed by atoms with Gasteiger partial charge in [-0.2, -0.15) is 0 Å². The summed E-state index contributed by atoms with van der Waals surface area (Å²) in [4.78, 5) is 36.9. The number of hydrogen-bond donors (Lipinski definition) is 2. The van der Waals surface area contributed by atoms with Gasteiger partial charge < -0.3 is 15.3 Å². The lowest BCUT2D eigenvalue weighted by atomic mass is 9.88. The maximum absolute atomic E-state index is 12.1. The lowest BCUT2D eigenvalue weighted by Crippen LogP contribution is -2.42. The molecule has 2 amide bonds. The van der Waals surface area contributed by atoms with Crippen molar-refractivity contribution in [3.05, 3.63) is 35.9 Å². The fraction of sp³-hybridized carbons (Fsp3) is 0.550. The standard InChI is InChI=1S/C20H30N2O4/c1-15(23)22(14-16-8-6-5-7-9-16)13-11-18(24)21-17(19(25)26)10-12-20(2,3)4/h5-9,17H,10-14H2,1-4H3,(H,21,24)(H,25,26). The minimum absolute atomic E-state index is 0.000456. The van der Waals surface area contributed by atoms with Crippen LogP contribution in [0.25, 0.3) is 0 Å². The molecule has 0 aliphatic rings. The average Bonchev–Trinajstić information content (AvgIpc) is 2.54. The van der Waals surface area contributed by atoms with Gasteiger partial charge in [0.1, 0.15) is 6.04 Å². The maximum Gasteiger partial charge on any atom is 0.326 e. The van der Waals surface area contributed by atoms with E-state index in [9.17, 15) is 19.5 Å². The number of hydrogen-bond acceptors (Lipinski definition) is 3. The largest absolute Gasteiger partial charge is 0.480 e. The number of carboxylic acids is 1. The third-order valence-electron chi connectivity index (χ3n) is 4.09. The zero-order valence-corrected chi connectivity index (χ0v) is 16.1. The minimum atomic E-state index is -1.03. The second-order valence-electron chi connectivity index (χ2n) is 7.73. The summed E-state index contributed by atoms with van der Waals surface area (Å²) in [5.41, 5.74) is 0.983. The molecule has 0 aliphatic heterocycles. The van der Waals surface area contributed by atoms with E-state index >= 15 is 0 Å². The monoisotopic (exact) mass is 362 g/mol. The van der Waals surface area contributed by atoms with E-state index < -0.39 is 12.0 Å². The summed E-state index contributed by atoms with van der Waals surface area (Å²) in [5.74, 6) is -1.51. The van der Waals surface area contributed by atoms with Crippen LogP contribution in [-0.2, 0) is 20.9 Å². The molecule has 6 heteroatoms. The van der Waals surface area contributed by atoms with E-state index in [-0.39, 0.29) is 30.2 Å². The first kappa shape index (κ1) is 21.7. The Morgan fingerprint density at radius 1 is 1.15 bits per heavy atom. The van der Waals surface area contributed by atoms with Crippen LogP contribution in [0.5, 0.6) is 0 Å². The molecule has 26 heavy (non-hydrogen) atoms. The summed E-state index contributed by atoms with van der Waals surface area (Å²) in [6.45, 7) is 8.23. The van der Waals surface area contributed by atoms with Crippen molar-refractivity contribution in [1.29, 1.82) is 0 Å². The lowest BCUT2D eigenvalue weighted by Gasteiger charge is -2.23. The van der Waals surface area contributed by atoms with E-state index in [1.54, 1.807) is 4.90 Å². The first-order valence-corrected chi connectivity index (χ1v) is 8.90. The van der Waals surface area contributed by atoms with Crippen molar-refractivity contribution < 1.29 is 19.5 Å². The van der Waals surface area contributed by atoms with Gasteiger partial charge in [-0.15, -0.1) is 0 Å². The van der Waals surface area contributed by atoms with Crippen LogP contribution in [0.2, 0.25) is 0 Å². The molecule has 2 N–H and O–H groups in total. The van der Waals surface area contributed by atoms with E-state index in [4.69, 9.17) is 0 Å². The quantitative estimate of drug-likeness (QED) is 0.707. The van der Waals surface area contributed by atoms with Crippen LogP contribution in [0.1, 0.15) is 52.5 Å². The maximum atomic E-state index is 12.1. The Balaban J connectivity index is 2.55. The van der Waals surface area contributed by atoms with Gasteiger partial charge in [0.05, 0.1) is 0 Å². The number of carbonyl (C=O) groups is 3. The summed E-state index contributed by atoms with van der Waals surface area (Å²) in [5, 5.41) is 11.9. The SMILES string of the molecule is CC(=O)N(CCC(=O)NC(CCC(C)(C)C)C(=O)O)Cc1ccccc1. The van der Waals surface area contributed by atoms with Gasteiger partial charge in [-0.25, -0.2) is 4.79 Å². The number of carboxylic acid groups (broad SMARTS) is 1. The van der Waals surface area contributed by atoms with E-state index in [1.165, 1.54) is 6.92 Å². The number of benzene rings is 1. The second-order valence-corrected chi connectivity index (χ2v) is 7.73. The zero-order valence-electron chi connectivity index (χ0n) is 16.1. The molecule has 1 aromatic rings. The molecule has 0 radical (unpaired) electrons. The number of rotatable bonds is 9. The molecule has 6 nitrogen and oxygen atoms in total. The van der Waals surface area contributed by atoms with Crippen LogP contribution < -0.4 is 5.32 Å². The Hall–Kier alpha value is -2.37. The van der Waals surface area contributed by atoms with Gasteiger partial charge in [0.2, 0.25) is 11.8 Å².